The number of nitrogens with zero attached hydrogens (tertiary/aromatic N) is 3. The van der Waals surface area contributed by atoms with Crippen molar-refractivity contribution < 1.29 is 33.2 Å². The van der Waals surface area contributed by atoms with E-state index in [0.29, 0.717) is 6.61 Å². The van der Waals surface area contributed by atoms with Gasteiger partial charge in [-0.3, -0.25) is 10.2 Å². The Hall–Kier alpha value is -1.82. The maximum atomic E-state index is 11.6. The van der Waals surface area contributed by atoms with Crippen molar-refractivity contribution in [1.29, 1.82) is 5.41 Å². The fourth-order valence-corrected chi connectivity index (χ4v) is 5.03. The van der Waals surface area contributed by atoms with Gasteiger partial charge in [0.25, 0.3) is 3.79 Å². The van der Waals surface area contributed by atoms with Gasteiger partial charge in [0.1, 0.15) is 18.8 Å². The smallest absolute Gasteiger partial charge is 0.302 e. The van der Waals surface area contributed by atoms with Crippen molar-refractivity contribution in [3.05, 3.63) is 46.3 Å². The van der Waals surface area contributed by atoms with E-state index in [2.05, 4.69) is 16.9 Å². The summed E-state index contributed by atoms with van der Waals surface area (Å²) in [6, 6.07) is 8.91. The summed E-state index contributed by atoms with van der Waals surface area (Å²) in [6.07, 6.45) is -4.05. The number of alkyl halides is 3. The minimum absolute atomic E-state index is 0.0806. The number of nitrogens with one attached hydrogen (secondary N) is 1. The molecule has 0 aromatic heterocycles. The van der Waals surface area contributed by atoms with Crippen molar-refractivity contribution in [2.45, 2.75) is 88.1 Å². The molecule has 0 aliphatic carbocycles. The fourth-order valence-electron chi connectivity index (χ4n) is 4.90. The molecule has 2 fully saturated rings. The van der Waals surface area contributed by atoms with Gasteiger partial charge in [-0.05, 0) is 23.9 Å². The van der Waals surface area contributed by atoms with E-state index in [1.807, 2.05) is 44.2 Å². The van der Waals surface area contributed by atoms with Crippen LogP contribution in [0.3, 0.4) is 0 Å². The number of carbonyl (C=O) groups excluding carboxylic acids is 1. The summed E-state index contributed by atoms with van der Waals surface area (Å²) in [5.74, 6) is -1.91. The van der Waals surface area contributed by atoms with Gasteiger partial charge in [0, 0.05) is 23.7 Å². The lowest BCUT2D eigenvalue weighted by molar-refractivity contribution is -0.319. The lowest BCUT2D eigenvalue weighted by Crippen LogP contribution is -2.59. The molecular formula is C26H35Cl3N4O7. The predicted octanol–water partition coefficient (Wildman–Crippen LogP) is 5.94. The molecule has 2 saturated heterocycles. The molecule has 2 heterocycles. The second-order valence-corrected chi connectivity index (χ2v) is 12.4. The Morgan fingerprint density at radius 2 is 1.73 bits per heavy atom. The number of benzene rings is 1. The quantitative estimate of drug-likeness (QED) is 0.0683. The second-order valence-electron chi connectivity index (χ2n) is 10.1. The first-order valence-electron chi connectivity index (χ1n) is 12.9. The fraction of sp³-hybridized carbons (Fsp3) is 0.692. The Labute approximate surface area is 248 Å². The lowest BCUT2D eigenvalue weighted by Gasteiger charge is -2.48. The van der Waals surface area contributed by atoms with Crippen LogP contribution in [-0.2, 0) is 39.8 Å². The molecule has 0 saturated carbocycles. The number of carbonyl (C=O) groups is 1. The summed E-state index contributed by atoms with van der Waals surface area (Å²) < 4.78 is 33.7. The number of esters is 1. The molecule has 11 nitrogen and oxygen atoms in total. The first kappa shape index (κ1) is 32.7. The standard InChI is InChI=1S/C26H35Cl3N4O7/c1-13-16(4)37-23(15(3)21(13)36-11-18-9-7-6-8-10-18)39-22-14(2)20(32-33-31)24(40-25(30)26(27,28)29)38-19(22)12-35-17(5)34/h6-10,13-16,19-24,30H,11-12H2,1-5H3/t13-,14-,15?,16?,19?,20?,21-,22-,23+,24+/m1/s1. The van der Waals surface area contributed by atoms with Crippen molar-refractivity contribution >= 4 is 46.7 Å². The van der Waals surface area contributed by atoms with Crippen LogP contribution >= 0.6 is 34.8 Å². The molecular weight excluding hydrogens is 587 g/mol. The Kier molecular flexibility index (Phi) is 11.8. The van der Waals surface area contributed by atoms with Gasteiger partial charge in [0.05, 0.1) is 24.9 Å². The molecule has 0 spiro atoms. The molecule has 10 atom stereocenters. The highest BCUT2D eigenvalue weighted by Crippen LogP contribution is 2.39. The topological polar surface area (TPSA) is 145 Å². The van der Waals surface area contributed by atoms with Gasteiger partial charge in [-0.25, -0.2) is 0 Å². The zero-order valence-corrected chi connectivity index (χ0v) is 25.2. The van der Waals surface area contributed by atoms with Crippen LogP contribution in [0.2, 0.25) is 0 Å². The van der Waals surface area contributed by atoms with Crippen LogP contribution in [0, 0.1) is 23.2 Å². The van der Waals surface area contributed by atoms with Crippen LogP contribution in [0.4, 0.5) is 0 Å². The van der Waals surface area contributed by atoms with Gasteiger partial charge in [0.2, 0.25) is 12.2 Å². The first-order valence-corrected chi connectivity index (χ1v) is 14.1. The number of ether oxygens (including phenoxy) is 6. The number of halogens is 3. The van der Waals surface area contributed by atoms with Gasteiger partial charge < -0.3 is 28.4 Å². The van der Waals surface area contributed by atoms with E-state index in [1.165, 1.54) is 6.92 Å². The zero-order valence-electron chi connectivity index (χ0n) is 22.9. The maximum Gasteiger partial charge on any atom is 0.302 e. The third-order valence-corrected chi connectivity index (χ3v) is 7.78. The third-order valence-electron chi connectivity index (χ3n) is 7.27. The van der Waals surface area contributed by atoms with Crippen molar-refractivity contribution in [2.75, 3.05) is 6.61 Å². The molecule has 1 aromatic carbocycles. The summed E-state index contributed by atoms with van der Waals surface area (Å²) in [4.78, 5) is 14.6. The summed E-state index contributed by atoms with van der Waals surface area (Å²) in [6.45, 7) is 9.28. The summed E-state index contributed by atoms with van der Waals surface area (Å²) in [5.41, 5.74) is 10.3. The summed E-state index contributed by atoms with van der Waals surface area (Å²) in [5, 5.41) is 11.8. The minimum atomic E-state index is -2.17. The largest absolute Gasteiger partial charge is 0.463 e. The molecule has 0 radical (unpaired) electrons. The predicted molar refractivity (Wildman–Crippen MR) is 149 cm³/mol. The number of azide groups is 1. The van der Waals surface area contributed by atoms with Crippen LogP contribution in [0.15, 0.2) is 35.4 Å². The molecule has 0 amide bonds. The van der Waals surface area contributed by atoms with Gasteiger partial charge in [0.15, 0.2) is 6.29 Å². The zero-order chi connectivity index (χ0) is 29.6. The third kappa shape index (κ3) is 8.36. The van der Waals surface area contributed by atoms with Gasteiger partial charge in [-0.15, -0.1) is 0 Å². The Morgan fingerprint density at radius 3 is 2.33 bits per heavy atom. The average molecular weight is 622 g/mol. The highest BCUT2D eigenvalue weighted by molar-refractivity contribution is 6.76. The molecule has 1 N–H and O–H groups in total. The Balaban J connectivity index is 1.83. The average Bonchev–Trinajstić information content (AvgIpc) is 2.89. The van der Waals surface area contributed by atoms with Crippen LogP contribution in [0.25, 0.3) is 10.4 Å². The van der Waals surface area contributed by atoms with Crippen LogP contribution in [0.5, 0.6) is 0 Å². The molecule has 40 heavy (non-hydrogen) atoms. The molecule has 4 unspecified atom stereocenters. The van der Waals surface area contributed by atoms with Gasteiger partial charge >= 0.3 is 5.97 Å². The highest BCUT2D eigenvalue weighted by atomic mass is 35.6. The monoisotopic (exact) mass is 620 g/mol. The summed E-state index contributed by atoms with van der Waals surface area (Å²) in [7, 11) is 0. The molecule has 1 aromatic rings. The maximum absolute atomic E-state index is 11.6. The van der Waals surface area contributed by atoms with E-state index >= 15 is 0 Å². The number of rotatable bonds is 9. The number of hydrogen-bond acceptors (Lipinski definition) is 9. The lowest BCUT2D eigenvalue weighted by atomic mass is 9.85. The molecule has 2 aliphatic heterocycles. The van der Waals surface area contributed by atoms with Crippen molar-refractivity contribution in [3.8, 4) is 0 Å². The van der Waals surface area contributed by atoms with Crippen molar-refractivity contribution in [1.82, 2.24) is 0 Å². The molecule has 0 bridgehead atoms. The van der Waals surface area contributed by atoms with E-state index in [1.54, 1.807) is 6.92 Å². The molecule has 14 heteroatoms. The van der Waals surface area contributed by atoms with E-state index in [9.17, 15) is 10.3 Å². The van der Waals surface area contributed by atoms with Crippen molar-refractivity contribution in [2.24, 2.45) is 22.9 Å². The van der Waals surface area contributed by atoms with E-state index in [0.717, 1.165) is 5.56 Å². The van der Waals surface area contributed by atoms with Gasteiger partial charge in [-0.1, -0.05) is 91.0 Å². The number of hydrogen-bond donors (Lipinski definition) is 1. The SMILES string of the molecule is CC(=O)OCC1O[C@@H](OC(=N)C(Cl)(Cl)Cl)C(N=[N+]=[N-])[C@@H](C)[C@H]1O[C@@H]1OC(C)[C@@H](C)[C@@H](OCc2ccccc2)C1C. The molecule has 222 valence electrons. The van der Waals surface area contributed by atoms with E-state index < -0.39 is 52.4 Å². The Morgan fingerprint density at radius 1 is 1.05 bits per heavy atom. The van der Waals surface area contributed by atoms with Crippen molar-refractivity contribution in [3.63, 3.8) is 0 Å². The molecule has 2 aliphatic rings. The van der Waals surface area contributed by atoms with E-state index in [4.69, 9.17) is 68.6 Å². The second kappa shape index (κ2) is 14.4. The highest BCUT2D eigenvalue weighted by Gasteiger charge is 2.50. The Bertz CT molecular complexity index is 1060. The van der Waals surface area contributed by atoms with Crippen LogP contribution in [-0.4, -0.2) is 65.3 Å². The molecule has 3 rings (SSSR count). The minimum Gasteiger partial charge on any atom is -0.463 e. The van der Waals surface area contributed by atoms with E-state index in [-0.39, 0.29) is 30.7 Å². The van der Waals surface area contributed by atoms with Gasteiger partial charge in [-0.2, -0.15) is 0 Å². The summed E-state index contributed by atoms with van der Waals surface area (Å²) >= 11 is 17.3. The van der Waals surface area contributed by atoms with Crippen LogP contribution < -0.4 is 0 Å². The first-order chi connectivity index (χ1) is 18.8. The van der Waals surface area contributed by atoms with Crippen LogP contribution in [0.1, 0.15) is 40.2 Å². The normalized spacial score (nSPS) is 34.4.